The topological polar surface area (TPSA) is 74.3 Å². The van der Waals surface area contributed by atoms with Gasteiger partial charge in [0.1, 0.15) is 11.5 Å². The lowest BCUT2D eigenvalue weighted by atomic mass is 9.93. The zero-order valence-corrected chi connectivity index (χ0v) is 16.0. The number of urea groups is 1. The van der Waals surface area contributed by atoms with Gasteiger partial charge in [0.05, 0.1) is 0 Å². The number of nitrogens with zero attached hydrogens (tertiary/aromatic N) is 2. The number of amides is 3. The van der Waals surface area contributed by atoms with E-state index < -0.39 is 0 Å². The fourth-order valence-electron chi connectivity index (χ4n) is 3.28. The van der Waals surface area contributed by atoms with Crippen LogP contribution in [0.15, 0.2) is 42.6 Å². The van der Waals surface area contributed by atoms with Gasteiger partial charge >= 0.3 is 6.03 Å². The molecule has 0 aliphatic carbocycles. The van der Waals surface area contributed by atoms with E-state index in [1.54, 1.807) is 48.4 Å². The maximum Gasteiger partial charge on any atom is 0.321 e. The number of hydrogen-bond acceptors (Lipinski definition) is 3. The van der Waals surface area contributed by atoms with Crippen molar-refractivity contribution >= 4 is 17.6 Å². The average Bonchev–Trinajstić information content (AvgIpc) is 2.72. The Morgan fingerprint density at radius 1 is 1.21 bits per heavy atom. The van der Waals surface area contributed by atoms with Gasteiger partial charge in [-0.05, 0) is 61.9 Å². The Balaban J connectivity index is 1.38. The van der Waals surface area contributed by atoms with E-state index in [2.05, 4.69) is 15.6 Å². The highest BCUT2D eigenvalue weighted by molar-refractivity contribution is 5.92. The number of halogens is 1. The third-order valence-electron chi connectivity index (χ3n) is 5.06. The van der Waals surface area contributed by atoms with Gasteiger partial charge in [0.15, 0.2) is 0 Å². The first-order valence-electron chi connectivity index (χ1n) is 9.54. The van der Waals surface area contributed by atoms with Crippen LogP contribution in [0, 0.1) is 18.7 Å². The van der Waals surface area contributed by atoms with Crippen LogP contribution in [0.5, 0.6) is 0 Å². The Labute approximate surface area is 164 Å². The molecule has 28 heavy (non-hydrogen) atoms. The molecular weight excluding hydrogens is 359 g/mol. The van der Waals surface area contributed by atoms with E-state index in [9.17, 15) is 14.0 Å². The van der Waals surface area contributed by atoms with Crippen molar-refractivity contribution in [2.45, 2.75) is 26.2 Å². The summed E-state index contributed by atoms with van der Waals surface area (Å²) in [6.45, 7) is 3.58. The molecule has 2 N–H and O–H groups in total. The third-order valence-corrected chi connectivity index (χ3v) is 5.06. The predicted octanol–water partition coefficient (Wildman–Crippen LogP) is 3.59. The van der Waals surface area contributed by atoms with E-state index >= 15 is 0 Å². The Hall–Kier alpha value is -2.96. The molecule has 1 aromatic carbocycles. The average molecular weight is 384 g/mol. The number of rotatable bonds is 5. The van der Waals surface area contributed by atoms with Crippen molar-refractivity contribution in [1.29, 1.82) is 0 Å². The van der Waals surface area contributed by atoms with E-state index in [1.165, 1.54) is 6.07 Å². The Morgan fingerprint density at radius 3 is 2.68 bits per heavy atom. The van der Waals surface area contributed by atoms with Crippen LogP contribution in [0.25, 0.3) is 0 Å². The quantitative estimate of drug-likeness (QED) is 0.827. The van der Waals surface area contributed by atoms with Crippen LogP contribution in [0.1, 0.15) is 35.3 Å². The van der Waals surface area contributed by atoms with E-state index in [4.69, 9.17) is 0 Å². The first-order chi connectivity index (χ1) is 13.5. The fourth-order valence-corrected chi connectivity index (χ4v) is 3.28. The van der Waals surface area contributed by atoms with Gasteiger partial charge in [-0.15, -0.1) is 0 Å². The zero-order chi connectivity index (χ0) is 19.9. The summed E-state index contributed by atoms with van der Waals surface area (Å²) in [4.78, 5) is 30.1. The van der Waals surface area contributed by atoms with Crippen LogP contribution >= 0.6 is 0 Å². The maximum atomic E-state index is 13.6. The maximum absolute atomic E-state index is 13.6. The summed E-state index contributed by atoms with van der Waals surface area (Å²) in [5.41, 5.74) is 1.43. The van der Waals surface area contributed by atoms with Crippen LogP contribution < -0.4 is 10.6 Å². The minimum atomic E-state index is -0.329. The number of likely N-dealkylation sites (tertiary alicyclic amines) is 1. The van der Waals surface area contributed by atoms with Crippen molar-refractivity contribution in [1.82, 2.24) is 15.2 Å². The lowest BCUT2D eigenvalue weighted by molar-refractivity contribution is 0.0944. The van der Waals surface area contributed by atoms with Crippen LogP contribution in [0.4, 0.5) is 14.9 Å². The van der Waals surface area contributed by atoms with Crippen molar-refractivity contribution in [2.24, 2.45) is 5.92 Å². The van der Waals surface area contributed by atoms with Crippen molar-refractivity contribution in [3.8, 4) is 0 Å². The van der Waals surface area contributed by atoms with Crippen molar-refractivity contribution in [3.05, 3.63) is 59.7 Å². The molecule has 1 aromatic heterocycles. The summed E-state index contributed by atoms with van der Waals surface area (Å²) in [6, 6.07) is 9.73. The monoisotopic (exact) mass is 384 g/mol. The number of aromatic nitrogens is 1. The smallest absolute Gasteiger partial charge is 0.321 e. The predicted molar refractivity (Wildman–Crippen MR) is 106 cm³/mol. The number of piperidine rings is 1. The lowest BCUT2D eigenvalue weighted by Crippen LogP contribution is -2.41. The number of nitrogens with one attached hydrogen (secondary N) is 2. The SMILES string of the molecule is Cc1ccc(NC(=O)N2CCC(CCNC(=O)c3ccccn3)CC2)cc1F. The van der Waals surface area contributed by atoms with Gasteiger partial charge < -0.3 is 15.5 Å². The molecule has 0 radical (unpaired) electrons. The second-order valence-electron chi connectivity index (χ2n) is 7.08. The molecule has 0 atom stereocenters. The first-order valence-corrected chi connectivity index (χ1v) is 9.54. The number of anilines is 1. The number of benzene rings is 1. The van der Waals surface area contributed by atoms with Gasteiger partial charge in [-0.1, -0.05) is 12.1 Å². The molecule has 0 bridgehead atoms. The molecule has 3 amide bonds. The van der Waals surface area contributed by atoms with Gasteiger partial charge in [0.25, 0.3) is 5.91 Å². The van der Waals surface area contributed by atoms with Crippen LogP contribution in [0.3, 0.4) is 0 Å². The summed E-state index contributed by atoms with van der Waals surface area (Å²) in [5, 5.41) is 5.65. The van der Waals surface area contributed by atoms with Crippen molar-refractivity contribution < 1.29 is 14.0 Å². The zero-order valence-electron chi connectivity index (χ0n) is 16.0. The summed E-state index contributed by atoms with van der Waals surface area (Å²) in [7, 11) is 0. The van der Waals surface area contributed by atoms with Gasteiger partial charge in [0.2, 0.25) is 0 Å². The fraction of sp³-hybridized carbons (Fsp3) is 0.381. The van der Waals surface area contributed by atoms with Gasteiger partial charge in [0, 0.05) is 31.5 Å². The molecule has 3 rings (SSSR count). The van der Waals surface area contributed by atoms with Crippen molar-refractivity contribution in [2.75, 3.05) is 25.0 Å². The molecule has 6 nitrogen and oxygen atoms in total. The number of aryl methyl sites for hydroxylation is 1. The van der Waals surface area contributed by atoms with Gasteiger partial charge in [-0.25, -0.2) is 9.18 Å². The summed E-state index contributed by atoms with van der Waals surface area (Å²) < 4.78 is 13.6. The minimum absolute atomic E-state index is 0.164. The van der Waals surface area contributed by atoms with Crippen LogP contribution in [-0.2, 0) is 0 Å². The van der Waals surface area contributed by atoms with Crippen LogP contribution in [0.2, 0.25) is 0 Å². The second-order valence-corrected chi connectivity index (χ2v) is 7.08. The molecule has 2 heterocycles. The number of pyridine rings is 1. The highest BCUT2D eigenvalue weighted by atomic mass is 19.1. The third kappa shape index (κ3) is 5.28. The molecule has 0 spiro atoms. The van der Waals surface area contributed by atoms with Gasteiger partial charge in [-0.3, -0.25) is 9.78 Å². The minimum Gasteiger partial charge on any atom is -0.351 e. The van der Waals surface area contributed by atoms with E-state index in [-0.39, 0.29) is 17.8 Å². The van der Waals surface area contributed by atoms with E-state index in [1.807, 2.05) is 0 Å². The molecule has 148 valence electrons. The molecule has 0 saturated carbocycles. The Morgan fingerprint density at radius 2 is 2.00 bits per heavy atom. The molecule has 1 fully saturated rings. The summed E-state index contributed by atoms with van der Waals surface area (Å²) >= 11 is 0. The highest BCUT2D eigenvalue weighted by Crippen LogP contribution is 2.21. The molecule has 7 heteroatoms. The number of carbonyl (C=O) groups excluding carboxylic acids is 2. The highest BCUT2D eigenvalue weighted by Gasteiger charge is 2.23. The first kappa shape index (κ1) is 19.8. The molecule has 1 aliphatic rings. The van der Waals surface area contributed by atoms with Crippen LogP contribution in [-0.4, -0.2) is 41.5 Å². The Bertz CT molecular complexity index is 820. The lowest BCUT2D eigenvalue weighted by Gasteiger charge is -2.32. The largest absolute Gasteiger partial charge is 0.351 e. The Kier molecular flexibility index (Phi) is 6.57. The van der Waals surface area contributed by atoms with Gasteiger partial charge in [-0.2, -0.15) is 0 Å². The summed E-state index contributed by atoms with van der Waals surface area (Å²) in [5.74, 6) is -0.0306. The molecule has 1 saturated heterocycles. The van der Waals surface area contributed by atoms with E-state index in [0.29, 0.717) is 42.5 Å². The normalized spacial score (nSPS) is 14.6. The second kappa shape index (κ2) is 9.30. The molecule has 1 aliphatic heterocycles. The molecule has 0 unspecified atom stereocenters. The van der Waals surface area contributed by atoms with Crippen molar-refractivity contribution in [3.63, 3.8) is 0 Å². The standard InChI is InChI=1S/C21H25FN4O2/c1-15-5-6-17(14-18(15)22)25-21(28)26-12-8-16(9-13-26)7-11-24-20(27)19-4-2-3-10-23-19/h2-6,10,14,16H,7-9,11-13H2,1H3,(H,24,27)(H,25,28). The summed E-state index contributed by atoms with van der Waals surface area (Å²) in [6.07, 6.45) is 4.24. The van der Waals surface area contributed by atoms with E-state index in [0.717, 1.165) is 19.3 Å². The number of carbonyl (C=O) groups is 2. The number of hydrogen-bond donors (Lipinski definition) is 2. The molecular formula is C21H25FN4O2. The molecule has 2 aromatic rings.